The zero-order valence-electron chi connectivity index (χ0n) is 19.7. The number of rotatable bonds is 5. The van der Waals surface area contributed by atoms with E-state index in [1.165, 1.54) is 10.9 Å². The van der Waals surface area contributed by atoms with Gasteiger partial charge in [-0.05, 0) is 36.7 Å². The highest BCUT2D eigenvalue weighted by atomic mass is 16.5. The Hall–Kier alpha value is -3.92. The molecule has 35 heavy (non-hydrogen) atoms. The van der Waals surface area contributed by atoms with Gasteiger partial charge in [0.1, 0.15) is 11.2 Å². The van der Waals surface area contributed by atoms with E-state index < -0.39 is 6.03 Å². The summed E-state index contributed by atoms with van der Waals surface area (Å²) in [4.78, 5) is 37.5. The molecule has 5 rings (SSSR count). The number of carbonyl (C=O) groups is 1. The van der Waals surface area contributed by atoms with Crippen LogP contribution in [0.2, 0.25) is 0 Å². The molecule has 0 saturated carbocycles. The zero-order chi connectivity index (χ0) is 24.4. The minimum Gasteiger partial charge on any atom is -0.378 e. The Bertz CT molecular complexity index is 1310. The molecule has 2 amide bonds. The van der Waals surface area contributed by atoms with E-state index >= 15 is 0 Å². The molecule has 3 N–H and O–H groups in total. The van der Waals surface area contributed by atoms with Gasteiger partial charge in [0.15, 0.2) is 0 Å². The number of carbonyl (C=O) groups excluding carboxylic acids is 1. The summed E-state index contributed by atoms with van der Waals surface area (Å²) in [5.74, 6) is 0.641. The van der Waals surface area contributed by atoms with Gasteiger partial charge in [-0.2, -0.15) is 0 Å². The lowest BCUT2D eigenvalue weighted by atomic mass is 10.1. The van der Waals surface area contributed by atoms with Crippen molar-refractivity contribution < 1.29 is 9.53 Å². The van der Waals surface area contributed by atoms with Crippen LogP contribution in [0.15, 0.2) is 53.7 Å². The number of aryl methyl sites for hydroxylation is 1. The van der Waals surface area contributed by atoms with Crippen LogP contribution in [0.3, 0.4) is 0 Å². The SMILES string of the molecule is Cn1cnc2cc(-c3ccc(N4CCOCC4)cc3)nc(N/C=C/C3CCN(C(N)=O)C3)c2c1=O. The monoisotopic (exact) mass is 475 g/mol. The Morgan fingerprint density at radius 1 is 1.20 bits per heavy atom. The molecule has 0 aliphatic carbocycles. The smallest absolute Gasteiger partial charge is 0.314 e. The highest BCUT2D eigenvalue weighted by molar-refractivity contribution is 5.91. The van der Waals surface area contributed by atoms with Crippen molar-refractivity contribution in [1.29, 1.82) is 0 Å². The lowest BCUT2D eigenvalue weighted by molar-refractivity contribution is 0.122. The van der Waals surface area contributed by atoms with E-state index in [0.717, 1.165) is 49.7 Å². The molecule has 1 aromatic carbocycles. The minimum absolute atomic E-state index is 0.173. The second-order valence-electron chi connectivity index (χ2n) is 8.89. The van der Waals surface area contributed by atoms with E-state index in [0.29, 0.717) is 29.8 Å². The van der Waals surface area contributed by atoms with Crippen LogP contribution >= 0.6 is 0 Å². The van der Waals surface area contributed by atoms with Crippen LogP contribution < -0.4 is 21.5 Å². The summed E-state index contributed by atoms with van der Waals surface area (Å²) in [6.07, 6.45) is 6.14. The molecule has 1 unspecified atom stereocenters. The van der Waals surface area contributed by atoms with Gasteiger partial charge in [0.05, 0.1) is 30.8 Å². The third kappa shape index (κ3) is 4.83. The molecule has 2 aliphatic rings. The second-order valence-corrected chi connectivity index (χ2v) is 8.89. The Morgan fingerprint density at radius 2 is 1.97 bits per heavy atom. The maximum Gasteiger partial charge on any atom is 0.314 e. The predicted molar refractivity (Wildman–Crippen MR) is 135 cm³/mol. The summed E-state index contributed by atoms with van der Waals surface area (Å²) in [6.45, 7) is 4.45. The number of aromatic nitrogens is 3. The van der Waals surface area contributed by atoms with Gasteiger partial charge in [0, 0.05) is 44.5 Å². The van der Waals surface area contributed by atoms with Crippen molar-refractivity contribution in [1.82, 2.24) is 19.4 Å². The largest absolute Gasteiger partial charge is 0.378 e. The van der Waals surface area contributed by atoms with Crippen molar-refractivity contribution in [3.63, 3.8) is 0 Å². The van der Waals surface area contributed by atoms with Gasteiger partial charge in [0.2, 0.25) is 0 Å². The lowest BCUT2D eigenvalue weighted by Crippen LogP contribution is -2.36. The van der Waals surface area contributed by atoms with Crippen molar-refractivity contribution in [2.45, 2.75) is 6.42 Å². The summed E-state index contributed by atoms with van der Waals surface area (Å²) >= 11 is 0. The highest BCUT2D eigenvalue weighted by Gasteiger charge is 2.22. The number of urea groups is 1. The maximum atomic E-state index is 12.9. The first-order valence-electron chi connectivity index (χ1n) is 11.8. The average Bonchev–Trinajstić information content (AvgIpc) is 3.36. The fraction of sp³-hybridized carbons (Fsp3) is 0.360. The number of hydrogen-bond donors (Lipinski definition) is 2. The number of likely N-dealkylation sites (tertiary alicyclic amines) is 1. The van der Waals surface area contributed by atoms with Crippen LogP contribution in [-0.4, -0.2) is 64.9 Å². The molecular formula is C25H29N7O3. The zero-order valence-corrected chi connectivity index (χ0v) is 19.7. The van der Waals surface area contributed by atoms with E-state index in [2.05, 4.69) is 27.3 Å². The standard InChI is InChI=1S/C25H29N7O3/c1-30-16-28-21-14-20(18-2-4-19(5-3-18)31-10-12-35-13-11-31)29-23(22(21)24(30)33)27-8-6-17-7-9-32(15-17)25(26)34/h2-6,8,14,16-17H,7,9-13,15H2,1H3,(H2,26,34)(H,27,29)/b8-6+. The van der Waals surface area contributed by atoms with Crippen LogP contribution in [0.25, 0.3) is 22.2 Å². The molecule has 10 nitrogen and oxygen atoms in total. The fourth-order valence-corrected chi connectivity index (χ4v) is 4.55. The minimum atomic E-state index is -0.400. The van der Waals surface area contributed by atoms with Crippen LogP contribution in [-0.2, 0) is 11.8 Å². The molecule has 2 saturated heterocycles. The molecule has 2 fully saturated rings. The number of fused-ring (bicyclic) bond motifs is 1. The number of pyridine rings is 1. The summed E-state index contributed by atoms with van der Waals surface area (Å²) in [5.41, 5.74) is 8.59. The molecule has 3 aromatic rings. The van der Waals surface area contributed by atoms with Crippen molar-refractivity contribution in [3.8, 4) is 11.3 Å². The third-order valence-electron chi connectivity index (χ3n) is 6.57. The van der Waals surface area contributed by atoms with E-state index in [-0.39, 0.29) is 11.5 Å². The molecule has 1 atom stereocenters. The number of amides is 2. The van der Waals surface area contributed by atoms with Gasteiger partial charge < -0.3 is 30.2 Å². The maximum absolute atomic E-state index is 12.9. The summed E-state index contributed by atoms with van der Waals surface area (Å²) < 4.78 is 6.89. The number of primary amides is 1. The van der Waals surface area contributed by atoms with Gasteiger partial charge in [0.25, 0.3) is 5.56 Å². The quantitative estimate of drug-likeness (QED) is 0.580. The number of benzene rings is 1. The van der Waals surface area contributed by atoms with Gasteiger partial charge in [-0.3, -0.25) is 4.79 Å². The Kier molecular flexibility index (Phi) is 6.37. The third-order valence-corrected chi connectivity index (χ3v) is 6.57. The number of nitrogens with two attached hydrogens (primary N) is 1. The van der Waals surface area contributed by atoms with Crippen LogP contribution in [0.4, 0.5) is 16.3 Å². The van der Waals surface area contributed by atoms with E-state index in [4.69, 9.17) is 15.5 Å². The molecule has 0 radical (unpaired) electrons. The second kappa shape index (κ2) is 9.75. The first-order valence-corrected chi connectivity index (χ1v) is 11.8. The number of hydrogen-bond acceptors (Lipinski definition) is 7. The molecular weight excluding hydrogens is 446 g/mol. The van der Waals surface area contributed by atoms with Crippen molar-refractivity contribution >= 4 is 28.4 Å². The Balaban J connectivity index is 1.44. The number of nitrogens with zero attached hydrogens (tertiary/aromatic N) is 5. The van der Waals surface area contributed by atoms with E-state index in [9.17, 15) is 9.59 Å². The first-order chi connectivity index (χ1) is 17.0. The topological polar surface area (TPSA) is 119 Å². The van der Waals surface area contributed by atoms with E-state index in [1.807, 2.05) is 24.3 Å². The van der Waals surface area contributed by atoms with Crippen molar-refractivity contribution in [3.05, 3.63) is 59.3 Å². The van der Waals surface area contributed by atoms with Gasteiger partial charge >= 0.3 is 6.03 Å². The van der Waals surface area contributed by atoms with Gasteiger partial charge in [-0.25, -0.2) is 14.8 Å². The number of ether oxygens (including phenoxy) is 1. The lowest BCUT2D eigenvalue weighted by Gasteiger charge is -2.28. The molecule has 2 aliphatic heterocycles. The number of anilines is 2. The summed E-state index contributed by atoms with van der Waals surface area (Å²) in [6, 6.07) is 9.69. The fourth-order valence-electron chi connectivity index (χ4n) is 4.55. The van der Waals surface area contributed by atoms with Crippen LogP contribution in [0, 0.1) is 5.92 Å². The summed E-state index contributed by atoms with van der Waals surface area (Å²) in [7, 11) is 1.67. The van der Waals surface area contributed by atoms with E-state index in [1.54, 1.807) is 18.1 Å². The Morgan fingerprint density at radius 3 is 2.69 bits per heavy atom. The predicted octanol–water partition coefficient (Wildman–Crippen LogP) is 2.16. The molecule has 4 heterocycles. The first kappa shape index (κ1) is 22.9. The molecule has 10 heteroatoms. The average molecular weight is 476 g/mol. The molecule has 182 valence electrons. The van der Waals surface area contributed by atoms with Crippen molar-refractivity contribution in [2.24, 2.45) is 18.7 Å². The highest BCUT2D eigenvalue weighted by Crippen LogP contribution is 2.27. The molecule has 2 aromatic heterocycles. The van der Waals surface area contributed by atoms with Crippen molar-refractivity contribution in [2.75, 3.05) is 49.6 Å². The number of nitrogens with one attached hydrogen (secondary N) is 1. The molecule has 0 bridgehead atoms. The van der Waals surface area contributed by atoms with Gasteiger partial charge in [-0.15, -0.1) is 0 Å². The Labute approximate surface area is 203 Å². The summed E-state index contributed by atoms with van der Waals surface area (Å²) in [5, 5.41) is 3.63. The van der Waals surface area contributed by atoms with Crippen LogP contribution in [0.1, 0.15) is 6.42 Å². The normalized spacial score (nSPS) is 18.5. The molecule has 0 spiro atoms. The number of morpholine rings is 1. The van der Waals surface area contributed by atoms with Crippen LogP contribution in [0.5, 0.6) is 0 Å². The van der Waals surface area contributed by atoms with Gasteiger partial charge in [-0.1, -0.05) is 18.2 Å².